The highest BCUT2D eigenvalue weighted by molar-refractivity contribution is 5.97. The van der Waals surface area contributed by atoms with Crippen molar-refractivity contribution in [2.24, 2.45) is 11.8 Å². The number of aryl methyl sites for hydroxylation is 2. The normalized spacial score (nSPS) is 19.4. The van der Waals surface area contributed by atoms with Crippen molar-refractivity contribution in [2.75, 3.05) is 18.9 Å². The molecule has 2 amide bonds. The number of para-hydroxylation sites is 1. The van der Waals surface area contributed by atoms with Crippen LogP contribution >= 0.6 is 0 Å². The standard InChI is InChI=1S/C16H20N2O4/c1-9-5-4-6-10(2)14(9)17-13(19)8-18(3)15(20)11-7-12(11)16(21)22/h4-6,11-12H,7-8H2,1-3H3,(H,17,19)(H,21,22). The molecule has 6 heteroatoms. The van der Waals surface area contributed by atoms with Crippen molar-refractivity contribution in [3.05, 3.63) is 29.3 Å². The molecule has 1 saturated carbocycles. The molecule has 0 radical (unpaired) electrons. The van der Waals surface area contributed by atoms with Crippen LogP contribution in [0.3, 0.4) is 0 Å². The summed E-state index contributed by atoms with van der Waals surface area (Å²) in [5, 5.41) is 11.7. The zero-order valence-corrected chi connectivity index (χ0v) is 12.9. The van der Waals surface area contributed by atoms with Gasteiger partial charge < -0.3 is 15.3 Å². The van der Waals surface area contributed by atoms with E-state index in [1.807, 2.05) is 32.0 Å². The lowest BCUT2D eigenvalue weighted by molar-refractivity contribution is -0.141. The lowest BCUT2D eigenvalue weighted by Crippen LogP contribution is -2.36. The number of carboxylic acid groups (broad SMARTS) is 1. The van der Waals surface area contributed by atoms with E-state index in [4.69, 9.17) is 5.11 Å². The van der Waals surface area contributed by atoms with Gasteiger partial charge in [-0.25, -0.2) is 0 Å². The number of nitrogens with one attached hydrogen (secondary N) is 1. The van der Waals surface area contributed by atoms with Crippen molar-refractivity contribution in [1.82, 2.24) is 4.90 Å². The third-order valence-electron chi connectivity index (χ3n) is 3.93. The Bertz CT molecular complexity index is 606. The SMILES string of the molecule is Cc1cccc(C)c1NC(=O)CN(C)C(=O)C1CC1C(=O)O. The average Bonchev–Trinajstić information content (AvgIpc) is 3.22. The van der Waals surface area contributed by atoms with Crippen molar-refractivity contribution in [2.45, 2.75) is 20.3 Å². The van der Waals surface area contributed by atoms with Gasteiger partial charge in [-0.05, 0) is 31.4 Å². The molecule has 1 fully saturated rings. The quantitative estimate of drug-likeness (QED) is 0.861. The van der Waals surface area contributed by atoms with Gasteiger partial charge in [-0.2, -0.15) is 0 Å². The number of carboxylic acids is 1. The molecule has 1 aliphatic rings. The number of hydrogen-bond acceptors (Lipinski definition) is 3. The van der Waals surface area contributed by atoms with E-state index in [2.05, 4.69) is 5.32 Å². The molecule has 1 aromatic rings. The number of benzene rings is 1. The van der Waals surface area contributed by atoms with Crippen molar-refractivity contribution in [3.63, 3.8) is 0 Å². The first kappa shape index (κ1) is 16.0. The molecule has 6 nitrogen and oxygen atoms in total. The molecule has 2 unspecified atom stereocenters. The highest BCUT2D eigenvalue weighted by Gasteiger charge is 2.49. The van der Waals surface area contributed by atoms with Crippen molar-refractivity contribution in [3.8, 4) is 0 Å². The number of carbonyl (C=O) groups excluding carboxylic acids is 2. The molecule has 1 aromatic carbocycles. The third kappa shape index (κ3) is 3.44. The molecule has 2 atom stereocenters. The van der Waals surface area contributed by atoms with Crippen LogP contribution in [0.5, 0.6) is 0 Å². The molecule has 118 valence electrons. The van der Waals surface area contributed by atoms with Gasteiger partial charge in [0.2, 0.25) is 11.8 Å². The van der Waals surface area contributed by atoms with Gasteiger partial charge in [-0.1, -0.05) is 18.2 Å². The monoisotopic (exact) mass is 304 g/mol. The third-order valence-corrected chi connectivity index (χ3v) is 3.93. The number of nitrogens with zero attached hydrogens (tertiary/aromatic N) is 1. The summed E-state index contributed by atoms with van der Waals surface area (Å²) in [6, 6.07) is 5.72. The van der Waals surface area contributed by atoms with E-state index in [1.165, 1.54) is 11.9 Å². The minimum absolute atomic E-state index is 0.0879. The number of rotatable bonds is 5. The Morgan fingerprint density at radius 2 is 1.82 bits per heavy atom. The second-order valence-electron chi connectivity index (χ2n) is 5.80. The summed E-state index contributed by atoms with van der Waals surface area (Å²) < 4.78 is 0. The van der Waals surface area contributed by atoms with Gasteiger partial charge in [-0.15, -0.1) is 0 Å². The van der Waals surface area contributed by atoms with E-state index < -0.39 is 17.8 Å². The molecule has 0 aromatic heterocycles. The second-order valence-corrected chi connectivity index (χ2v) is 5.80. The first-order valence-corrected chi connectivity index (χ1v) is 7.15. The van der Waals surface area contributed by atoms with Gasteiger partial charge in [0, 0.05) is 12.7 Å². The van der Waals surface area contributed by atoms with E-state index >= 15 is 0 Å². The first-order chi connectivity index (χ1) is 10.3. The zero-order valence-electron chi connectivity index (χ0n) is 12.9. The molecule has 0 saturated heterocycles. The predicted octanol–water partition coefficient (Wildman–Crippen LogP) is 1.42. The summed E-state index contributed by atoms with van der Waals surface area (Å²) in [4.78, 5) is 36.2. The van der Waals surface area contributed by atoms with Gasteiger partial charge in [0.05, 0.1) is 18.4 Å². The van der Waals surface area contributed by atoms with Gasteiger partial charge in [0.25, 0.3) is 0 Å². The van der Waals surface area contributed by atoms with Crippen molar-refractivity contribution in [1.29, 1.82) is 0 Å². The van der Waals surface area contributed by atoms with Crippen LogP contribution in [0.1, 0.15) is 17.5 Å². The summed E-state index contributed by atoms with van der Waals surface area (Å²) in [6.45, 7) is 3.72. The number of aliphatic carboxylic acids is 1. The van der Waals surface area contributed by atoms with Crippen LogP contribution in [-0.4, -0.2) is 41.4 Å². The lowest BCUT2D eigenvalue weighted by atomic mass is 10.1. The van der Waals surface area contributed by atoms with Crippen molar-refractivity contribution < 1.29 is 19.5 Å². The number of anilines is 1. The minimum Gasteiger partial charge on any atom is -0.481 e. The Morgan fingerprint density at radius 1 is 1.23 bits per heavy atom. The molecule has 0 aliphatic heterocycles. The highest BCUT2D eigenvalue weighted by Crippen LogP contribution is 2.39. The van der Waals surface area contributed by atoms with Crippen LogP contribution in [0.15, 0.2) is 18.2 Å². The van der Waals surface area contributed by atoms with Crippen molar-refractivity contribution >= 4 is 23.5 Å². The van der Waals surface area contributed by atoms with Crippen LogP contribution in [0, 0.1) is 25.7 Å². The molecular weight excluding hydrogens is 284 g/mol. The van der Waals surface area contributed by atoms with E-state index in [0.29, 0.717) is 6.42 Å². The fourth-order valence-corrected chi connectivity index (χ4v) is 2.51. The number of hydrogen-bond donors (Lipinski definition) is 2. The Balaban J connectivity index is 1.92. The maximum Gasteiger partial charge on any atom is 0.307 e. The fraction of sp³-hybridized carbons (Fsp3) is 0.438. The van der Waals surface area contributed by atoms with Crippen LogP contribution in [0.2, 0.25) is 0 Å². The van der Waals surface area contributed by atoms with Gasteiger partial charge in [0.15, 0.2) is 0 Å². The van der Waals surface area contributed by atoms with E-state index in [0.717, 1.165) is 16.8 Å². The number of carbonyl (C=O) groups is 3. The molecular formula is C16H20N2O4. The first-order valence-electron chi connectivity index (χ1n) is 7.15. The van der Waals surface area contributed by atoms with E-state index in [1.54, 1.807) is 0 Å². The lowest BCUT2D eigenvalue weighted by Gasteiger charge is -2.18. The summed E-state index contributed by atoms with van der Waals surface area (Å²) in [5.41, 5.74) is 2.66. The topological polar surface area (TPSA) is 86.7 Å². The number of amides is 2. The summed E-state index contributed by atoms with van der Waals surface area (Å²) in [5.74, 6) is -2.62. The van der Waals surface area contributed by atoms with Crippen LogP contribution in [0.25, 0.3) is 0 Å². The van der Waals surface area contributed by atoms with Crippen LogP contribution in [0.4, 0.5) is 5.69 Å². The Morgan fingerprint density at radius 3 is 2.32 bits per heavy atom. The molecule has 2 rings (SSSR count). The number of likely N-dealkylation sites (N-methyl/N-ethyl adjacent to an activating group) is 1. The fourth-order valence-electron chi connectivity index (χ4n) is 2.51. The Labute approximate surface area is 129 Å². The Kier molecular flexibility index (Phi) is 4.49. The van der Waals surface area contributed by atoms with Gasteiger partial charge in [-0.3, -0.25) is 14.4 Å². The van der Waals surface area contributed by atoms with E-state index in [9.17, 15) is 14.4 Å². The molecule has 22 heavy (non-hydrogen) atoms. The molecule has 2 N–H and O–H groups in total. The highest BCUT2D eigenvalue weighted by atomic mass is 16.4. The Hall–Kier alpha value is -2.37. The second kappa shape index (κ2) is 6.17. The maximum absolute atomic E-state index is 12.1. The average molecular weight is 304 g/mol. The van der Waals surface area contributed by atoms with Crippen LogP contribution < -0.4 is 5.32 Å². The summed E-state index contributed by atoms with van der Waals surface area (Å²) in [6.07, 6.45) is 0.358. The summed E-state index contributed by atoms with van der Waals surface area (Å²) in [7, 11) is 1.52. The van der Waals surface area contributed by atoms with Gasteiger partial charge >= 0.3 is 5.97 Å². The van der Waals surface area contributed by atoms with E-state index in [-0.39, 0.29) is 18.4 Å². The largest absolute Gasteiger partial charge is 0.481 e. The summed E-state index contributed by atoms with van der Waals surface area (Å²) >= 11 is 0. The molecule has 1 aliphatic carbocycles. The molecule has 0 spiro atoms. The van der Waals surface area contributed by atoms with Gasteiger partial charge in [0.1, 0.15) is 0 Å². The predicted molar refractivity (Wildman–Crippen MR) is 81.4 cm³/mol. The van der Waals surface area contributed by atoms with Crippen LogP contribution in [-0.2, 0) is 14.4 Å². The molecule has 0 bridgehead atoms. The maximum atomic E-state index is 12.1. The zero-order chi connectivity index (χ0) is 16.4. The smallest absolute Gasteiger partial charge is 0.307 e. The molecule has 0 heterocycles. The minimum atomic E-state index is -0.952.